The number of hydrogen-bond acceptors (Lipinski definition) is 5. The van der Waals surface area contributed by atoms with E-state index in [0.717, 1.165) is 12.8 Å². The highest BCUT2D eigenvalue weighted by atomic mass is 16.6. The third kappa shape index (κ3) is 3.93. The molecule has 0 aliphatic rings. The van der Waals surface area contributed by atoms with Gasteiger partial charge in [0, 0.05) is 6.54 Å². The predicted molar refractivity (Wildman–Crippen MR) is 84.2 cm³/mol. The summed E-state index contributed by atoms with van der Waals surface area (Å²) in [5.41, 5.74) is 4.35. The van der Waals surface area contributed by atoms with Crippen LogP contribution in [0.3, 0.4) is 0 Å². The lowest BCUT2D eigenvalue weighted by Crippen LogP contribution is -2.11. The van der Waals surface area contributed by atoms with Crippen molar-refractivity contribution in [2.24, 2.45) is 5.84 Å². The fraction of sp³-hybridized carbons (Fsp3) is 0.200. The molecule has 4 N–H and O–H groups in total. The van der Waals surface area contributed by atoms with Crippen LogP contribution in [-0.2, 0) is 6.42 Å². The Hall–Kier alpha value is -2.60. The Morgan fingerprint density at radius 2 is 1.76 bits per heavy atom. The Bertz CT molecular complexity index is 602. The Morgan fingerprint density at radius 3 is 2.43 bits per heavy atom. The van der Waals surface area contributed by atoms with Gasteiger partial charge in [-0.3, -0.25) is 16.0 Å². The molecule has 0 atom stereocenters. The summed E-state index contributed by atoms with van der Waals surface area (Å²) >= 11 is 0. The van der Waals surface area contributed by atoms with E-state index >= 15 is 0 Å². The minimum absolute atomic E-state index is 0.0280. The SMILES string of the molecule is NNc1cccc(NCCCc2ccccc2)c1[N+](=O)[O-]. The summed E-state index contributed by atoms with van der Waals surface area (Å²) in [6.45, 7) is 0.657. The van der Waals surface area contributed by atoms with Crippen LogP contribution in [0.5, 0.6) is 0 Å². The number of benzene rings is 2. The van der Waals surface area contributed by atoms with E-state index in [1.807, 2.05) is 18.2 Å². The molecule has 0 unspecified atom stereocenters. The summed E-state index contributed by atoms with van der Waals surface area (Å²) in [5, 5.41) is 14.2. The van der Waals surface area contributed by atoms with Crippen LogP contribution in [0, 0.1) is 10.1 Å². The summed E-state index contributed by atoms with van der Waals surface area (Å²) < 4.78 is 0. The second kappa shape index (κ2) is 7.25. The second-order valence-electron chi connectivity index (χ2n) is 4.62. The van der Waals surface area contributed by atoms with E-state index in [-0.39, 0.29) is 5.69 Å². The monoisotopic (exact) mass is 286 g/mol. The average molecular weight is 286 g/mol. The third-order valence-corrected chi connectivity index (χ3v) is 3.17. The lowest BCUT2D eigenvalue weighted by Gasteiger charge is -2.09. The summed E-state index contributed by atoms with van der Waals surface area (Å²) in [5.74, 6) is 5.31. The molecule has 0 aliphatic heterocycles. The molecule has 6 nitrogen and oxygen atoms in total. The molecule has 2 aromatic carbocycles. The maximum absolute atomic E-state index is 11.1. The number of nitro groups is 1. The largest absolute Gasteiger partial charge is 0.379 e. The summed E-state index contributed by atoms with van der Waals surface area (Å²) in [7, 11) is 0. The maximum atomic E-state index is 11.1. The maximum Gasteiger partial charge on any atom is 0.316 e. The van der Waals surface area contributed by atoms with E-state index in [4.69, 9.17) is 5.84 Å². The number of nitrogens with zero attached hydrogens (tertiary/aromatic N) is 1. The minimum Gasteiger partial charge on any atom is -0.379 e. The van der Waals surface area contributed by atoms with Crippen LogP contribution in [0.4, 0.5) is 17.1 Å². The van der Waals surface area contributed by atoms with E-state index < -0.39 is 4.92 Å². The van der Waals surface area contributed by atoms with Gasteiger partial charge in [-0.05, 0) is 30.5 Å². The first-order valence-corrected chi connectivity index (χ1v) is 6.74. The topological polar surface area (TPSA) is 93.2 Å². The van der Waals surface area contributed by atoms with Gasteiger partial charge in [0.15, 0.2) is 0 Å². The fourth-order valence-corrected chi connectivity index (χ4v) is 2.16. The van der Waals surface area contributed by atoms with E-state index in [1.54, 1.807) is 18.2 Å². The number of nitrogen functional groups attached to an aromatic ring is 1. The number of nitro benzene ring substituents is 1. The molecule has 2 aromatic rings. The smallest absolute Gasteiger partial charge is 0.316 e. The molecule has 0 aromatic heterocycles. The van der Waals surface area contributed by atoms with Crippen molar-refractivity contribution in [3.63, 3.8) is 0 Å². The van der Waals surface area contributed by atoms with Crippen molar-refractivity contribution in [3.8, 4) is 0 Å². The molecule has 0 fully saturated rings. The Labute approximate surface area is 123 Å². The van der Waals surface area contributed by atoms with Gasteiger partial charge in [-0.25, -0.2) is 0 Å². The molecule has 6 heteroatoms. The third-order valence-electron chi connectivity index (χ3n) is 3.17. The van der Waals surface area contributed by atoms with Crippen LogP contribution >= 0.6 is 0 Å². The van der Waals surface area contributed by atoms with Gasteiger partial charge < -0.3 is 10.7 Å². The molecule has 0 amide bonds. The number of para-hydroxylation sites is 1. The number of hydrazine groups is 1. The standard InChI is InChI=1S/C15H18N4O2/c16-18-14-10-4-9-13(15(14)19(20)21)17-11-5-8-12-6-2-1-3-7-12/h1-4,6-7,9-10,17-18H,5,8,11,16H2. The first-order valence-electron chi connectivity index (χ1n) is 6.74. The first kappa shape index (κ1) is 14.8. The van der Waals surface area contributed by atoms with Crippen LogP contribution in [-0.4, -0.2) is 11.5 Å². The number of aryl methyl sites for hydroxylation is 1. The van der Waals surface area contributed by atoms with Gasteiger partial charge in [-0.15, -0.1) is 0 Å². The van der Waals surface area contributed by atoms with Crippen LogP contribution in [0.25, 0.3) is 0 Å². The van der Waals surface area contributed by atoms with Crippen LogP contribution in [0.1, 0.15) is 12.0 Å². The van der Waals surface area contributed by atoms with Gasteiger partial charge in [-0.1, -0.05) is 36.4 Å². The van der Waals surface area contributed by atoms with E-state index in [2.05, 4.69) is 22.9 Å². The zero-order valence-electron chi connectivity index (χ0n) is 11.6. The van der Waals surface area contributed by atoms with E-state index in [1.165, 1.54) is 5.56 Å². The number of rotatable bonds is 7. The van der Waals surface area contributed by atoms with Crippen molar-refractivity contribution in [3.05, 3.63) is 64.2 Å². The number of nitrogens with one attached hydrogen (secondary N) is 2. The predicted octanol–water partition coefficient (Wildman–Crippen LogP) is 2.93. The second-order valence-corrected chi connectivity index (χ2v) is 4.62. The van der Waals surface area contributed by atoms with Gasteiger partial charge in [-0.2, -0.15) is 0 Å². The summed E-state index contributed by atoms with van der Waals surface area (Å²) in [6, 6.07) is 15.1. The Morgan fingerprint density at radius 1 is 1.05 bits per heavy atom. The lowest BCUT2D eigenvalue weighted by atomic mass is 10.1. The number of nitrogens with two attached hydrogens (primary N) is 1. The molecular formula is C15H18N4O2. The van der Waals surface area contributed by atoms with Gasteiger partial charge in [0.1, 0.15) is 11.4 Å². The van der Waals surface area contributed by atoms with Gasteiger partial charge in [0.05, 0.1) is 4.92 Å². The van der Waals surface area contributed by atoms with Crippen LogP contribution < -0.4 is 16.6 Å². The fourth-order valence-electron chi connectivity index (χ4n) is 2.16. The molecule has 0 saturated carbocycles. The number of anilines is 2. The van der Waals surface area contributed by atoms with Crippen molar-refractivity contribution in [1.82, 2.24) is 0 Å². The average Bonchev–Trinajstić information content (AvgIpc) is 2.52. The van der Waals surface area contributed by atoms with Crippen molar-refractivity contribution >= 4 is 17.1 Å². The molecule has 21 heavy (non-hydrogen) atoms. The summed E-state index contributed by atoms with van der Waals surface area (Å²) in [6.07, 6.45) is 1.82. The Balaban J connectivity index is 1.95. The highest BCUT2D eigenvalue weighted by Crippen LogP contribution is 2.32. The lowest BCUT2D eigenvalue weighted by molar-refractivity contribution is -0.383. The normalized spacial score (nSPS) is 10.1. The van der Waals surface area contributed by atoms with E-state index in [0.29, 0.717) is 17.9 Å². The molecular weight excluding hydrogens is 268 g/mol. The van der Waals surface area contributed by atoms with Crippen molar-refractivity contribution < 1.29 is 4.92 Å². The zero-order chi connectivity index (χ0) is 15.1. The van der Waals surface area contributed by atoms with Crippen molar-refractivity contribution in [2.45, 2.75) is 12.8 Å². The van der Waals surface area contributed by atoms with Crippen LogP contribution in [0.2, 0.25) is 0 Å². The molecule has 0 heterocycles. The minimum atomic E-state index is -0.436. The molecule has 110 valence electrons. The number of hydrogen-bond donors (Lipinski definition) is 3. The van der Waals surface area contributed by atoms with Crippen molar-refractivity contribution in [1.29, 1.82) is 0 Å². The zero-order valence-corrected chi connectivity index (χ0v) is 11.6. The Kier molecular flexibility index (Phi) is 5.11. The van der Waals surface area contributed by atoms with Gasteiger partial charge in [0.2, 0.25) is 0 Å². The first-order chi connectivity index (χ1) is 10.2. The molecule has 0 bridgehead atoms. The van der Waals surface area contributed by atoms with Gasteiger partial charge in [0.25, 0.3) is 0 Å². The molecule has 2 rings (SSSR count). The highest BCUT2D eigenvalue weighted by molar-refractivity contribution is 5.75. The molecule has 0 spiro atoms. The van der Waals surface area contributed by atoms with E-state index in [9.17, 15) is 10.1 Å². The summed E-state index contributed by atoms with van der Waals surface area (Å²) in [4.78, 5) is 10.7. The molecule has 0 saturated heterocycles. The molecule has 0 aliphatic carbocycles. The van der Waals surface area contributed by atoms with Crippen molar-refractivity contribution in [2.75, 3.05) is 17.3 Å². The quantitative estimate of drug-likeness (QED) is 0.315. The van der Waals surface area contributed by atoms with Gasteiger partial charge >= 0.3 is 5.69 Å². The highest BCUT2D eigenvalue weighted by Gasteiger charge is 2.18. The molecule has 0 radical (unpaired) electrons. The van der Waals surface area contributed by atoms with Crippen LogP contribution in [0.15, 0.2) is 48.5 Å².